The number of rotatable bonds is 6. The molecule has 0 aliphatic rings. The summed E-state index contributed by atoms with van der Waals surface area (Å²) in [5.74, 6) is 2.40. The van der Waals surface area contributed by atoms with Crippen molar-refractivity contribution < 1.29 is 4.74 Å². The van der Waals surface area contributed by atoms with Gasteiger partial charge in [-0.1, -0.05) is 44.2 Å². The van der Waals surface area contributed by atoms with Crippen molar-refractivity contribution in [2.24, 2.45) is 0 Å². The Bertz CT molecular complexity index is 533. The van der Waals surface area contributed by atoms with Crippen molar-refractivity contribution in [2.75, 3.05) is 7.05 Å². The van der Waals surface area contributed by atoms with Crippen LogP contribution in [0.25, 0.3) is 0 Å². The van der Waals surface area contributed by atoms with Crippen LogP contribution in [0.2, 0.25) is 0 Å². The zero-order valence-electron chi connectivity index (χ0n) is 12.5. The largest absolute Gasteiger partial charge is 0.457 e. The fourth-order valence-electron chi connectivity index (χ4n) is 2.17. The molecule has 2 aromatic rings. The number of hydrogen-bond acceptors (Lipinski definition) is 2. The second-order valence-electron chi connectivity index (χ2n) is 5.12. The number of para-hydroxylation sites is 1. The number of hydrogen-bond donors (Lipinski definition) is 1. The van der Waals surface area contributed by atoms with Gasteiger partial charge in [-0.3, -0.25) is 0 Å². The summed E-state index contributed by atoms with van der Waals surface area (Å²) in [5.41, 5.74) is 2.53. The van der Waals surface area contributed by atoms with Crippen LogP contribution in [-0.2, 0) is 6.54 Å². The van der Waals surface area contributed by atoms with Gasteiger partial charge in [0, 0.05) is 12.1 Å². The van der Waals surface area contributed by atoms with Crippen molar-refractivity contribution in [3.63, 3.8) is 0 Å². The third kappa shape index (κ3) is 3.61. The molecule has 1 unspecified atom stereocenters. The summed E-state index contributed by atoms with van der Waals surface area (Å²) in [6, 6.07) is 16.5. The molecule has 0 saturated heterocycles. The first-order chi connectivity index (χ1) is 9.74. The summed E-state index contributed by atoms with van der Waals surface area (Å²) in [6.07, 6.45) is 1.16. The minimum atomic E-state index is 0.598. The second kappa shape index (κ2) is 7.11. The highest BCUT2D eigenvalue weighted by Crippen LogP contribution is 2.27. The molecule has 0 fully saturated rings. The lowest BCUT2D eigenvalue weighted by Crippen LogP contribution is -2.06. The quantitative estimate of drug-likeness (QED) is 0.820. The Morgan fingerprint density at radius 1 is 1.05 bits per heavy atom. The van der Waals surface area contributed by atoms with Crippen molar-refractivity contribution in [1.29, 1.82) is 0 Å². The molecule has 0 heterocycles. The fraction of sp³-hybridized carbons (Fsp3) is 0.333. The van der Waals surface area contributed by atoms with Gasteiger partial charge in [-0.2, -0.15) is 0 Å². The predicted molar refractivity (Wildman–Crippen MR) is 84.4 cm³/mol. The summed E-state index contributed by atoms with van der Waals surface area (Å²) in [7, 11) is 1.94. The van der Waals surface area contributed by atoms with Gasteiger partial charge in [-0.15, -0.1) is 0 Å². The van der Waals surface area contributed by atoms with Crippen molar-refractivity contribution >= 4 is 0 Å². The molecule has 2 rings (SSSR count). The Labute approximate surface area is 121 Å². The molecule has 0 amide bonds. The molecule has 1 atom stereocenters. The molecule has 0 spiro atoms. The molecule has 0 saturated carbocycles. The van der Waals surface area contributed by atoms with Gasteiger partial charge < -0.3 is 10.1 Å². The SMILES string of the molecule is CCC(C)c1ccc(Oc2ccccc2CNC)cc1. The molecule has 0 aliphatic heterocycles. The Kier molecular flexibility index (Phi) is 5.19. The molecule has 20 heavy (non-hydrogen) atoms. The first-order valence-corrected chi connectivity index (χ1v) is 7.25. The van der Waals surface area contributed by atoms with E-state index in [2.05, 4.69) is 49.5 Å². The fourth-order valence-corrected chi connectivity index (χ4v) is 2.17. The van der Waals surface area contributed by atoms with Crippen LogP contribution in [-0.4, -0.2) is 7.05 Å². The van der Waals surface area contributed by atoms with Crippen LogP contribution in [0.3, 0.4) is 0 Å². The molecule has 0 radical (unpaired) electrons. The summed E-state index contributed by atoms with van der Waals surface area (Å²) >= 11 is 0. The van der Waals surface area contributed by atoms with Gasteiger partial charge in [0.25, 0.3) is 0 Å². The van der Waals surface area contributed by atoms with Gasteiger partial charge in [-0.05, 0) is 43.1 Å². The number of ether oxygens (including phenoxy) is 1. The lowest BCUT2D eigenvalue weighted by molar-refractivity contribution is 0.474. The van der Waals surface area contributed by atoms with Crippen LogP contribution in [0, 0.1) is 0 Å². The van der Waals surface area contributed by atoms with Crippen molar-refractivity contribution in [3.05, 3.63) is 59.7 Å². The molecule has 0 aliphatic carbocycles. The smallest absolute Gasteiger partial charge is 0.131 e. The minimum absolute atomic E-state index is 0.598. The van der Waals surface area contributed by atoms with Crippen LogP contribution in [0.4, 0.5) is 0 Å². The molecular formula is C18H23NO. The second-order valence-corrected chi connectivity index (χ2v) is 5.12. The van der Waals surface area contributed by atoms with Crippen molar-refractivity contribution in [2.45, 2.75) is 32.7 Å². The Hall–Kier alpha value is -1.80. The van der Waals surface area contributed by atoms with E-state index in [1.165, 1.54) is 11.1 Å². The van der Waals surface area contributed by atoms with E-state index in [1.807, 2.05) is 25.2 Å². The van der Waals surface area contributed by atoms with Gasteiger partial charge in [0.05, 0.1) is 0 Å². The van der Waals surface area contributed by atoms with E-state index in [4.69, 9.17) is 4.74 Å². The van der Waals surface area contributed by atoms with E-state index < -0.39 is 0 Å². The Morgan fingerprint density at radius 2 is 1.75 bits per heavy atom. The summed E-state index contributed by atoms with van der Waals surface area (Å²) < 4.78 is 5.99. The first kappa shape index (κ1) is 14.6. The lowest BCUT2D eigenvalue weighted by Gasteiger charge is -2.13. The van der Waals surface area contributed by atoms with Crippen molar-refractivity contribution in [1.82, 2.24) is 5.32 Å². The minimum Gasteiger partial charge on any atom is -0.457 e. The average molecular weight is 269 g/mol. The third-order valence-electron chi connectivity index (χ3n) is 3.63. The zero-order valence-corrected chi connectivity index (χ0v) is 12.5. The van der Waals surface area contributed by atoms with Crippen LogP contribution in [0.15, 0.2) is 48.5 Å². The maximum Gasteiger partial charge on any atom is 0.131 e. The maximum absolute atomic E-state index is 5.99. The van der Waals surface area contributed by atoms with E-state index in [0.29, 0.717) is 5.92 Å². The normalized spacial score (nSPS) is 12.2. The third-order valence-corrected chi connectivity index (χ3v) is 3.63. The average Bonchev–Trinajstić information content (AvgIpc) is 2.49. The predicted octanol–water partition coefficient (Wildman–Crippen LogP) is 4.71. The van der Waals surface area contributed by atoms with Gasteiger partial charge in [0.2, 0.25) is 0 Å². The van der Waals surface area contributed by atoms with Crippen LogP contribution in [0.1, 0.15) is 37.3 Å². The topological polar surface area (TPSA) is 21.3 Å². The van der Waals surface area contributed by atoms with E-state index >= 15 is 0 Å². The monoisotopic (exact) mass is 269 g/mol. The highest BCUT2D eigenvalue weighted by molar-refractivity contribution is 5.38. The molecule has 2 heteroatoms. The maximum atomic E-state index is 5.99. The van der Waals surface area contributed by atoms with E-state index in [-0.39, 0.29) is 0 Å². The first-order valence-electron chi connectivity index (χ1n) is 7.25. The highest BCUT2D eigenvalue weighted by Gasteiger charge is 2.05. The molecular weight excluding hydrogens is 246 g/mol. The van der Waals surface area contributed by atoms with Gasteiger partial charge in [0.1, 0.15) is 11.5 Å². The highest BCUT2D eigenvalue weighted by atomic mass is 16.5. The summed E-state index contributed by atoms with van der Waals surface area (Å²) in [6.45, 7) is 5.27. The van der Waals surface area contributed by atoms with Crippen LogP contribution in [0.5, 0.6) is 11.5 Å². The summed E-state index contributed by atoms with van der Waals surface area (Å²) in [5, 5.41) is 3.16. The van der Waals surface area contributed by atoms with Gasteiger partial charge in [-0.25, -0.2) is 0 Å². The van der Waals surface area contributed by atoms with E-state index in [1.54, 1.807) is 0 Å². The Balaban J connectivity index is 2.14. The molecule has 2 aromatic carbocycles. The molecule has 106 valence electrons. The standard InChI is InChI=1S/C18H23NO/c1-4-14(2)15-9-11-17(12-10-15)20-18-8-6-5-7-16(18)13-19-3/h5-12,14,19H,4,13H2,1-3H3. The summed E-state index contributed by atoms with van der Waals surface area (Å²) in [4.78, 5) is 0. The molecule has 0 bridgehead atoms. The Morgan fingerprint density at radius 3 is 2.40 bits per heavy atom. The lowest BCUT2D eigenvalue weighted by atomic mass is 9.99. The van der Waals surface area contributed by atoms with E-state index in [0.717, 1.165) is 24.5 Å². The molecule has 1 N–H and O–H groups in total. The van der Waals surface area contributed by atoms with Crippen LogP contribution >= 0.6 is 0 Å². The molecule has 0 aromatic heterocycles. The number of benzene rings is 2. The van der Waals surface area contributed by atoms with Gasteiger partial charge in [0.15, 0.2) is 0 Å². The van der Waals surface area contributed by atoms with E-state index in [9.17, 15) is 0 Å². The van der Waals surface area contributed by atoms with Crippen molar-refractivity contribution in [3.8, 4) is 11.5 Å². The van der Waals surface area contributed by atoms with Gasteiger partial charge >= 0.3 is 0 Å². The van der Waals surface area contributed by atoms with Crippen LogP contribution < -0.4 is 10.1 Å². The molecule has 2 nitrogen and oxygen atoms in total. The zero-order chi connectivity index (χ0) is 14.4. The number of nitrogens with one attached hydrogen (secondary N) is 1.